The Morgan fingerprint density at radius 2 is 2.00 bits per heavy atom. The van der Waals surface area contributed by atoms with E-state index in [9.17, 15) is 9.90 Å². The standard InChI is InChI=1S/C11H22N2O2/c1-4-12-11(2,3)10(15)13-7-5-9(14)6-8-13/h9,12,14H,4-8H2,1-3H3. The van der Waals surface area contributed by atoms with E-state index < -0.39 is 5.54 Å². The van der Waals surface area contributed by atoms with Crippen molar-refractivity contribution in [1.29, 1.82) is 0 Å². The second-order valence-electron chi connectivity index (χ2n) is 4.68. The molecule has 0 aliphatic carbocycles. The van der Waals surface area contributed by atoms with Crippen LogP contribution in [0.2, 0.25) is 0 Å². The number of amides is 1. The summed E-state index contributed by atoms with van der Waals surface area (Å²) in [5.41, 5.74) is -0.489. The summed E-state index contributed by atoms with van der Waals surface area (Å²) in [5, 5.41) is 12.5. The topological polar surface area (TPSA) is 52.6 Å². The van der Waals surface area contributed by atoms with Crippen molar-refractivity contribution in [2.24, 2.45) is 0 Å². The third-order valence-corrected chi connectivity index (χ3v) is 2.91. The van der Waals surface area contributed by atoms with E-state index in [2.05, 4.69) is 5.32 Å². The smallest absolute Gasteiger partial charge is 0.242 e. The third-order valence-electron chi connectivity index (χ3n) is 2.91. The SMILES string of the molecule is CCNC(C)(C)C(=O)N1CCC(O)CC1. The molecule has 0 bridgehead atoms. The summed E-state index contributed by atoms with van der Waals surface area (Å²) in [4.78, 5) is 13.9. The number of aliphatic hydroxyl groups excluding tert-OH is 1. The number of nitrogens with zero attached hydrogens (tertiary/aromatic N) is 1. The van der Waals surface area contributed by atoms with Gasteiger partial charge in [0.05, 0.1) is 11.6 Å². The zero-order valence-corrected chi connectivity index (χ0v) is 9.92. The Morgan fingerprint density at radius 3 is 2.47 bits per heavy atom. The summed E-state index contributed by atoms with van der Waals surface area (Å²) in [6.07, 6.45) is 1.18. The number of rotatable bonds is 3. The molecular weight excluding hydrogens is 192 g/mol. The Kier molecular flexibility index (Phi) is 4.11. The number of aliphatic hydroxyl groups is 1. The Hall–Kier alpha value is -0.610. The monoisotopic (exact) mass is 214 g/mol. The van der Waals surface area contributed by atoms with E-state index in [1.807, 2.05) is 25.7 Å². The molecule has 1 aliphatic heterocycles. The summed E-state index contributed by atoms with van der Waals surface area (Å²) in [5.74, 6) is 0.135. The zero-order chi connectivity index (χ0) is 11.5. The van der Waals surface area contributed by atoms with Crippen LogP contribution in [0.1, 0.15) is 33.6 Å². The minimum atomic E-state index is -0.489. The molecule has 1 heterocycles. The number of likely N-dealkylation sites (tertiary alicyclic amines) is 1. The van der Waals surface area contributed by atoms with Crippen molar-refractivity contribution < 1.29 is 9.90 Å². The fourth-order valence-electron chi connectivity index (χ4n) is 1.98. The van der Waals surface area contributed by atoms with Crippen molar-refractivity contribution in [3.63, 3.8) is 0 Å². The predicted octanol–water partition coefficient (Wildman–Crippen LogP) is 0.358. The highest BCUT2D eigenvalue weighted by atomic mass is 16.3. The summed E-state index contributed by atoms with van der Waals surface area (Å²) >= 11 is 0. The van der Waals surface area contributed by atoms with E-state index in [1.54, 1.807) is 0 Å². The van der Waals surface area contributed by atoms with E-state index >= 15 is 0 Å². The molecule has 4 heteroatoms. The van der Waals surface area contributed by atoms with Crippen molar-refractivity contribution in [2.45, 2.75) is 45.3 Å². The molecule has 1 amide bonds. The molecule has 0 aromatic rings. The van der Waals surface area contributed by atoms with Gasteiger partial charge in [-0.05, 0) is 33.2 Å². The molecule has 15 heavy (non-hydrogen) atoms. The molecule has 1 saturated heterocycles. The summed E-state index contributed by atoms with van der Waals surface area (Å²) < 4.78 is 0. The summed E-state index contributed by atoms with van der Waals surface area (Å²) in [6, 6.07) is 0. The van der Waals surface area contributed by atoms with Crippen molar-refractivity contribution >= 4 is 5.91 Å². The van der Waals surface area contributed by atoms with Gasteiger partial charge in [-0.1, -0.05) is 6.92 Å². The van der Waals surface area contributed by atoms with Crippen LogP contribution >= 0.6 is 0 Å². The highest BCUT2D eigenvalue weighted by molar-refractivity contribution is 5.85. The number of nitrogens with one attached hydrogen (secondary N) is 1. The minimum Gasteiger partial charge on any atom is -0.393 e. The maximum Gasteiger partial charge on any atom is 0.242 e. The van der Waals surface area contributed by atoms with Crippen LogP contribution in [0.5, 0.6) is 0 Å². The molecule has 0 atom stereocenters. The first-order chi connectivity index (χ1) is 6.97. The molecule has 88 valence electrons. The molecule has 0 radical (unpaired) electrons. The molecular formula is C11H22N2O2. The van der Waals surface area contributed by atoms with E-state index in [0.717, 1.165) is 6.54 Å². The fourth-order valence-corrected chi connectivity index (χ4v) is 1.98. The quantitative estimate of drug-likeness (QED) is 0.713. The van der Waals surface area contributed by atoms with Crippen LogP contribution < -0.4 is 5.32 Å². The van der Waals surface area contributed by atoms with Crippen LogP contribution in [0.15, 0.2) is 0 Å². The van der Waals surface area contributed by atoms with Crippen LogP contribution in [0, 0.1) is 0 Å². The van der Waals surface area contributed by atoms with Crippen molar-refractivity contribution in [1.82, 2.24) is 10.2 Å². The van der Waals surface area contributed by atoms with E-state index in [4.69, 9.17) is 0 Å². The van der Waals surface area contributed by atoms with E-state index in [1.165, 1.54) is 0 Å². The number of carbonyl (C=O) groups is 1. The summed E-state index contributed by atoms with van der Waals surface area (Å²) in [6.45, 7) is 7.95. The van der Waals surface area contributed by atoms with Crippen LogP contribution in [0.4, 0.5) is 0 Å². The average molecular weight is 214 g/mol. The van der Waals surface area contributed by atoms with E-state index in [0.29, 0.717) is 25.9 Å². The lowest BCUT2D eigenvalue weighted by molar-refractivity contribution is -0.139. The first kappa shape index (κ1) is 12.5. The largest absolute Gasteiger partial charge is 0.393 e. The number of piperidine rings is 1. The Bertz CT molecular complexity index is 221. The number of likely N-dealkylation sites (N-methyl/N-ethyl adjacent to an activating group) is 1. The van der Waals surface area contributed by atoms with Gasteiger partial charge in [0.1, 0.15) is 0 Å². The van der Waals surface area contributed by atoms with Crippen LogP contribution in [0.25, 0.3) is 0 Å². The maximum absolute atomic E-state index is 12.1. The lowest BCUT2D eigenvalue weighted by Gasteiger charge is -2.36. The first-order valence-electron chi connectivity index (χ1n) is 5.70. The van der Waals surface area contributed by atoms with Crippen LogP contribution in [-0.4, -0.2) is 47.2 Å². The van der Waals surface area contributed by atoms with Crippen molar-refractivity contribution in [3.8, 4) is 0 Å². The molecule has 0 aromatic carbocycles. The van der Waals surface area contributed by atoms with Gasteiger partial charge in [-0.15, -0.1) is 0 Å². The van der Waals surface area contributed by atoms with Crippen molar-refractivity contribution in [2.75, 3.05) is 19.6 Å². The Balaban J connectivity index is 2.53. The molecule has 4 nitrogen and oxygen atoms in total. The average Bonchev–Trinajstić information content (AvgIpc) is 2.18. The zero-order valence-electron chi connectivity index (χ0n) is 9.92. The van der Waals surface area contributed by atoms with Gasteiger partial charge in [0, 0.05) is 13.1 Å². The van der Waals surface area contributed by atoms with Gasteiger partial charge >= 0.3 is 0 Å². The normalized spacial score (nSPS) is 19.3. The lowest BCUT2D eigenvalue weighted by Crippen LogP contribution is -2.55. The molecule has 0 spiro atoms. The van der Waals surface area contributed by atoms with Crippen LogP contribution in [0.3, 0.4) is 0 Å². The first-order valence-corrected chi connectivity index (χ1v) is 5.70. The predicted molar refractivity (Wildman–Crippen MR) is 59.6 cm³/mol. The maximum atomic E-state index is 12.1. The molecule has 1 rings (SSSR count). The Labute approximate surface area is 91.6 Å². The highest BCUT2D eigenvalue weighted by Gasteiger charge is 2.32. The van der Waals surface area contributed by atoms with Gasteiger partial charge in [-0.2, -0.15) is 0 Å². The summed E-state index contributed by atoms with van der Waals surface area (Å²) in [7, 11) is 0. The van der Waals surface area contributed by atoms with Gasteiger partial charge < -0.3 is 15.3 Å². The van der Waals surface area contributed by atoms with E-state index in [-0.39, 0.29) is 12.0 Å². The second-order valence-corrected chi connectivity index (χ2v) is 4.68. The molecule has 1 aliphatic rings. The van der Waals surface area contributed by atoms with Crippen molar-refractivity contribution in [3.05, 3.63) is 0 Å². The van der Waals surface area contributed by atoms with Gasteiger partial charge in [0.25, 0.3) is 0 Å². The highest BCUT2D eigenvalue weighted by Crippen LogP contribution is 2.15. The van der Waals surface area contributed by atoms with Gasteiger partial charge in [0.2, 0.25) is 5.91 Å². The molecule has 2 N–H and O–H groups in total. The van der Waals surface area contributed by atoms with Gasteiger partial charge in [-0.3, -0.25) is 4.79 Å². The fraction of sp³-hybridized carbons (Fsp3) is 0.909. The molecule has 1 fully saturated rings. The number of hydrogen-bond acceptors (Lipinski definition) is 3. The second kappa shape index (κ2) is 4.94. The minimum absolute atomic E-state index is 0.135. The number of hydrogen-bond donors (Lipinski definition) is 2. The lowest BCUT2D eigenvalue weighted by atomic mass is 10.0. The van der Waals surface area contributed by atoms with Crippen LogP contribution in [-0.2, 0) is 4.79 Å². The molecule has 0 aromatic heterocycles. The Morgan fingerprint density at radius 1 is 1.47 bits per heavy atom. The van der Waals surface area contributed by atoms with Gasteiger partial charge in [-0.25, -0.2) is 0 Å². The molecule has 0 unspecified atom stereocenters. The number of carbonyl (C=O) groups excluding carboxylic acids is 1. The molecule has 0 saturated carbocycles. The van der Waals surface area contributed by atoms with Gasteiger partial charge in [0.15, 0.2) is 0 Å². The third kappa shape index (κ3) is 3.18.